The van der Waals surface area contributed by atoms with Crippen molar-refractivity contribution in [3.63, 3.8) is 0 Å². The number of ether oxygens (including phenoxy) is 1. The Kier molecular flexibility index (Phi) is 7.38. The Morgan fingerprint density at radius 2 is 1.80 bits per heavy atom. The maximum Gasteiger partial charge on any atom is 0.433 e. The van der Waals surface area contributed by atoms with Gasteiger partial charge < -0.3 is 10.1 Å². The second-order valence-electron chi connectivity index (χ2n) is 7.70. The van der Waals surface area contributed by atoms with Gasteiger partial charge in [-0.2, -0.15) is 13.2 Å². The monoisotopic (exact) mass is 438 g/mol. The topological polar surface area (TPSA) is 51.2 Å². The molecule has 1 N–H and O–H groups in total. The Hall–Kier alpha value is -2.72. The summed E-state index contributed by atoms with van der Waals surface area (Å²) < 4.78 is 42.8. The number of hydrogen-bond acceptors (Lipinski definition) is 3. The molecule has 1 unspecified atom stereocenters. The smallest absolute Gasteiger partial charge is 0.433 e. The van der Waals surface area contributed by atoms with E-state index in [0.29, 0.717) is 22.7 Å². The number of hydrogen-bond donors (Lipinski definition) is 1. The fourth-order valence-corrected chi connectivity index (χ4v) is 2.81. The van der Waals surface area contributed by atoms with Crippen LogP contribution in [-0.2, 0) is 10.9 Å². The molecule has 0 fully saturated rings. The van der Waals surface area contributed by atoms with Crippen molar-refractivity contribution in [1.82, 2.24) is 10.3 Å². The summed E-state index contributed by atoms with van der Waals surface area (Å²) in [5.74, 6) is 5.56. The number of benzene rings is 1. The average Bonchev–Trinajstić information content (AvgIpc) is 2.63. The molecule has 1 heterocycles. The molecule has 0 spiro atoms. The van der Waals surface area contributed by atoms with Crippen LogP contribution in [0.3, 0.4) is 0 Å². The number of nitrogens with one attached hydrogen (secondary N) is 1. The Labute approximate surface area is 178 Å². The lowest BCUT2D eigenvalue weighted by atomic mass is 9.99. The number of rotatable bonds is 3. The lowest BCUT2D eigenvalue weighted by Crippen LogP contribution is -2.34. The Balaban J connectivity index is 2.03. The molecule has 0 saturated carbocycles. The fraction of sp³-hybridized carbons (Fsp3) is 0.364. The summed E-state index contributed by atoms with van der Waals surface area (Å²) in [4.78, 5) is 15.2. The third-order valence-corrected chi connectivity index (χ3v) is 4.22. The first kappa shape index (κ1) is 23.6. The SMILES string of the molecule is CC(CNC(=O)OC(C)(C)C)c1ccc(C#Cc2ccc(C(F)(F)F)nc2)cc1Cl. The number of aromatic nitrogens is 1. The van der Waals surface area contributed by atoms with E-state index in [-0.39, 0.29) is 5.92 Å². The predicted molar refractivity (Wildman–Crippen MR) is 109 cm³/mol. The number of pyridine rings is 1. The molecular weight excluding hydrogens is 417 g/mol. The lowest BCUT2D eigenvalue weighted by Gasteiger charge is -2.21. The van der Waals surface area contributed by atoms with Crippen molar-refractivity contribution >= 4 is 17.7 Å². The van der Waals surface area contributed by atoms with E-state index in [2.05, 4.69) is 22.1 Å². The van der Waals surface area contributed by atoms with Crippen LogP contribution < -0.4 is 5.32 Å². The molecular formula is C22H22ClF3N2O2. The lowest BCUT2D eigenvalue weighted by molar-refractivity contribution is -0.141. The highest BCUT2D eigenvalue weighted by atomic mass is 35.5. The van der Waals surface area contributed by atoms with E-state index < -0.39 is 23.6 Å². The Bertz CT molecular complexity index is 956. The summed E-state index contributed by atoms with van der Waals surface area (Å²) in [6.45, 7) is 7.61. The molecule has 1 atom stereocenters. The van der Waals surface area contributed by atoms with Crippen molar-refractivity contribution in [3.05, 3.63) is 63.9 Å². The van der Waals surface area contributed by atoms with E-state index in [9.17, 15) is 18.0 Å². The minimum absolute atomic E-state index is 0.0638. The van der Waals surface area contributed by atoms with Crippen molar-refractivity contribution in [2.45, 2.75) is 45.4 Å². The number of halogens is 4. The molecule has 2 rings (SSSR count). The fourth-order valence-electron chi connectivity index (χ4n) is 2.44. The van der Waals surface area contributed by atoms with E-state index in [4.69, 9.17) is 16.3 Å². The highest BCUT2D eigenvalue weighted by molar-refractivity contribution is 6.31. The van der Waals surface area contributed by atoms with Gasteiger partial charge in [-0.15, -0.1) is 0 Å². The van der Waals surface area contributed by atoms with Crippen molar-refractivity contribution in [2.75, 3.05) is 6.54 Å². The molecule has 1 amide bonds. The molecule has 8 heteroatoms. The van der Waals surface area contributed by atoms with Gasteiger partial charge in [0.1, 0.15) is 11.3 Å². The number of nitrogens with zero attached hydrogens (tertiary/aromatic N) is 1. The second kappa shape index (κ2) is 9.40. The summed E-state index contributed by atoms with van der Waals surface area (Å²) in [5, 5.41) is 3.18. The van der Waals surface area contributed by atoms with E-state index >= 15 is 0 Å². The van der Waals surface area contributed by atoms with Gasteiger partial charge in [0, 0.05) is 34.8 Å². The van der Waals surface area contributed by atoms with Gasteiger partial charge >= 0.3 is 12.3 Å². The molecule has 1 aromatic carbocycles. The molecule has 0 saturated heterocycles. The molecule has 0 aliphatic carbocycles. The minimum atomic E-state index is -4.48. The largest absolute Gasteiger partial charge is 0.444 e. The Morgan fingerprint density at radius 3 is 2.33 bits per heavy atom. The average molecular weight is 439 g/mol. The second-order valence-corrected chi connectivity index (χ2v) is 8.11. The normalized spacial score (nSPS) is 12.5. The molecule has 0 aliphatic rings. The van der Waals surface area contributed by atoms with Crippen LogP contribution in [0.1, 0.15) is 56.0 Å². The standard InChI is InChI=1S/C22H22ClF3N2O2/c1-14(12-28-20(29)30-21(2,3)4)17-9-7-15(11-18(17)23)5-6-16-8-10-19(27-13-16)22(24,25)26/h7-11,13-14H,12H2,1-4H3,(H,28,29). The van der Waals surface area contributed by atoms with E-state index in [0.717, 1.165) is 17.8 Å². The van der Waals surface area contributed by atoms with E-state index in [1.807, 2.05) is 6.92 Å². The van der Waals surface area contributed by atoms with E-state index in [1.165, 1.54) is 6.07 Å². The number of alkyl halides is 3. The molecule has 2 aromatic rings. The van der Waals surface area contributed by atoms with Gasteiger partial charge in [0.15, 0.2) is 0 Å². The zero-order chi connectivity index (χ0) is 22.5. The van der Waals surface area contributed by atoms with Crippen LogP contribution in [0.25, 0.3) is 0 Å². The summed E-state index contributed by atoms with van der Waals surface area (Å²) in [5.41, 5.74) is 0.256. The first-order valence-electron chi connectivity index (χ1n) is 9.17. The van der Waals surface area contributed by atoms with Crippen molar-refractivity contribution in [2.24, 2.45) is 0 Å². The summed E-state index contributed by atoms with van der Waals surface area (Å²) in [6, 6.07) is 7.39. The maximum atomic E-state index is 12.5. The molecule has 4 nitrogen and oxygen atoms in total. The predicted octanol–water partition coefficient (Wildman–Crippen LogP) is 5.78. The highest BCUT2D eigenvalue weighted by Crippen LogP contribution is 2.27. The third-order valence-electron chi connectivity index (χ3n) is 3.89. The third kappa shape index (κ3) is 7.27. The summed E-state index contributed by atoms with van der Waals surface area (Å²) >= 11 is 6.35. The van der Waals surface area contributed by atoms with Crippen LogP contribution in [0.2, 0.25) is 5.02 Å². The van der Waals surface area contributed by atoms with Gasteiger partial charge in [0.05, 0.1) is 0 Å². The molecule has 0 radical (unpaired) electrons. The van der Waals surface area contributed by atoms with Gasteiger partial charge in [-0.25, -0.2) is 4.79 Å². The van der Waals surface area contributed by atoms with Crippen molar-refractivity contribution in [3.8, 4) is 11.8 Å². The first-order valence-corrected chi connectivity index (χ1v) is 9.54. The van der Waals surface area contributed by atoms with Gasteiger partial charge in [0.2, 0.25) is 0 Å². The van der Waals surface area contributed by atoms with Gasteiger partial charge in [0.25, 0.3) is 0 Å². The molecule has 1 aromatic heterocycles. The van der Waals surface area contributed by atoms with Crippen molar-refractivity contribution < 1.29 is 22.7 Å². The first-order chi connectivity index (χ1) is 13.8. The minimum Gasteiger partial charge on any atom is -0.444 e. The zero-order valence-corrected chi connectivity index (χ0v) is 17.8. The van der Waals surface area contributed by atoms with Gasteiger partial charge in [-0.1, -0.05) is 36.4 Å². The van der Waals surface area contributed by atoms with Crippen LogP contribution >= 0.6 is 11.6 Å². The van der Waals surface area contributed by atoms with Crippen LogP contribution in [0.5, 0.6) is 0 Å². The van der Waals surface area contributed by atoms with Crippen LogP contribution in [0, 0.1) is 11.8 Å². The van der Waals surface area contributed by atoms with Gasteiger partial charge in [-0.05, 0) is 50.6 Å². The molecule has 0 bridgehead atoms. The number of carbonyl (C=O) groups is 1. The number of alkyl carbamates (subject to hydrolysis) is 1. The van der Waals surface area contributed by atoms with Gasteiger partial charge in [-0.3, -0.25) is 4.98 Å². The Morgan fingerprint density at radius 1 is 1.17 bits per heavy atom. The number of amides is 1. The van der Waals surface area contributed by atoms with Crippen molar-refractivity contribution in [1.29, 1.82) is 0 Å². The molecule has 0 aliphatic heterocycles. The summed E-state index contributed by atoms with van der Waals surface area (Å²) in [6.07, 6.45) is -3.90. The van der Waals surface area contributed by atoms with Crippen LogP contribution in [0.4, 0.5) is 18.0 Å². The molecule has 160 valence electrons. The van der Waals surface area contributed by atoms with Crippen LogP contribution in [0.15, 0.2) is 36.5 Å². The maximum absolute atomic E-state index is 12.5. The number of carbonyl (C=O) groups excluding carboxylic acids is 1. The quantitative estimate of drug-likeness (QED) is 0.618. The van der Waals surface area contributed by atoms with E-state index in [1.54, 1.807) is 39.0 Å². The van der Waals surface area contributed by atoms with Crippen LogP contribution in [-0.4, -0.2) is 23.2 Å². The molecule has 30 heavy (non-hydrogen) atoms. The summed E-state index contributed by atoms with van der Waals surface area (Å²) in [7, 11) is 0. The zero-order valence-electron chi connectivity index (χ0n) is 17.0. The highest BCUT2D eigenvalue weighted by Gasteiger charge is 2.31.